The lowest BCUT2D eigenvalue weighted by atomic mass is 10.3. The van der Waals surface area contributed by atoms with Crippen molar-refractivity contribution in [1.82, 2.24) is 9.55 Å². The number of allylic oxidation sites excluding steroid dienone is 2. The Balaban J connectivity index is 2.76. The third-order valence-corrected chi connectivity index (χ3v) is 9.27. The van der Waals surface area contributed by atoms with Crippen molar-refractivity contribution in [2.45, 2.75) is 13.5 Å². The summed E-state index contributed by atoms with van der Waals surface area (Å²) in [7, 11) is 1.93. The summed E-state index contributed by atoms with van der Waals surface area (Å²) in [6.45, 7) is -0.721. The van der Waals surface area contributed by atoms with Gasteiger partial charge in [0.25, 0.3) is 5.56 Å². The molecule has 9 nitrogen and oxygen atoms in total. The van der Waals surface area contributed by atoms with Gasteiger partial charge in [0, 0.05) is 25.0 Å². The molecule has 0 fully saturated rings. The molecule has 1 aromatic heterocycles. The van der Waals surface area contributed by atoms with Gasteiger partial charge in [-0.3, -0.25) is 14.3 Å². The number of hydrogen-bond acceptors (Lipinski definition) is 7. The van der Waals surface area contributed by atoms with Gasteiger partial charge in [-0.2, -0.15) is 0 Å². The zero-order chi connectivity index (χ0) is 17.3. The van der Waals surface area contributed by atoms with Crippen LogP contribution in [0.4, 0.5) is 0 Å². The van der Waals surface area contributed by atoms with E-state index in [1.807, 2.05) is 0 Å². The number of aromatic nitrogens is 2. The Morgan fingerprint density at radius 3 is 2.43 bits per heavy atom. The minimum Gasteiger partial charge on any atom is -0.310 e. The molecule has 1 rings (SSSR count). The highest BCUT2D eigenvalue weighted by Gasteiger charge is 2.24. The second-order valence-electron chi connectivity index (χ2n) is 4.39. The predicted molar refractivity (Wildman–Crippen MR) is 90.4 cm³/mol. The molecule has 0 saturated heterocycles. The molecule has 0 aromatic carbocycles. The average molecular weight is 384 g/mol. The second-order valence-corrected chi connectivity index (χ2v) is 13.7. The summed E-state index contributed by atoms with van der Waals surface area (Å²) in [5.41, 5.74) is -0.139. The molecule has 2 atom stereocenters. The van der Waals surface area contributed by atoms with Crippen LogP contribution in [0.3, 0.4) is 0 Å². The highest BCUT2D eigenvalue weighted by atomic mass is 32.5. The van der Waals surface area contributed by atoms with Gasteiger partial charge in [-0.25, -0.2) is 23.9 Å². The topological polar surface area (TPSA) is 109 Å². The summed E-state index contributed by atoms with van der Waals surface area (Å²) in [6, 6.07) is 1.27. The maximum absolute atomic E-state index is 12.7. The minimum atomic E-state index is -2.79. The summed E-state index contributed by atoms with van der Waals surface area (Å²) in [6.07, 6.45) is 3.38. The fraction of sp³-hybridized carbons (Fsp3) is 0.455. The van der Waals surface area contributed by atoms with Crippen LogP contribution in [-0.2, 0) is 30.2 Å². The van der Waals surface area contributed by atoms with Gasteiger partial charge in [-0.05, 0) is 6.92 Å². The number of nitrogens with zero attached hydrogens (tertiary/aromatic N) is 1. The number of hydrogen-bond donors (Lipinski definition) is 1. The van der Waals surface area contributed by atoms with Gasteiger partial charge in [0.1, 0.15) is 17.0 Å². The van der Waals surface area contributed by atoms with Crippen LogP contribution in [0.2, 0.25) is 0 Å². The SMILES string of the molecule is COOPP(=O)(C/C=C(\C)Cn1ccc(=O)[nH]c1=O)POOC. The van der Waals surface area contributed by atoms with Crippen molar-refractivity contribution in [2.24, 2.45) is 0 Å². The van der Waals surface area contributed by atoms with Gasteiger partial charge < -0.3 is 4.57 Å². The summed E-state index contributed by atoms with van der Waals surface area (Å²) in [5, 5.41) is 0. The molecule has 0 spiro atoms. The van der Waals surface area contributed by atoms with Crippen molar-refractivity contribution >= 4 is 23.5 Å². The van der Waals surface area contributed by atoms with Crippen LogP contribution >= 0.6 is 23.5 Å². The molecule has 0 amide bonds. The minimum absolute atomic E-state index is 0.223. The highest BCUT2D eigenvalue weighted by Crippen LogP contribution is 2.77. The molecule has 130 valence electrons. The van der Waals surface area contributed by atoms with E-state index in [0.717, 1.165) is 5.57 Å². The maximum atomic E-state index is 12.7. The molecule has 0 aliphatic carbocycles. The number of rotatable bonds is 10. The second kappa shape index (κ2) is 10.3. The van der Waals surface area contributed by atoms with E-state index in [0.29, 0.717) is 0 Å². The van der Waals surface area contributed by atoms with Crippen molar-refractivity contribution in [2.75, 3.05) is 20.4 Å². The lowest BCUT2D eigenvalue weighted by molar-refractivity contribution is -0.165. The Morgan fingerprint density at radius 2 is 1.91 bits per heavy atom. The summed E-state index contributed by atoms with van der Waals surface area (Å²) in [5.74, 6) is 0. The molecule has 0 aliphatic heterocycles. The lowest BCUT2D eigenvalue weighted by Crippen LogP contribution is -2.28. The average Bonchev–Trinajstić information content (AvgIpc) is 2.52. The monoisotopic (exact) mass is 384 g/mol. The molecule has 1 aromatic rings. The van der Waals surface area contributed by atoms with Gasteiger partial charge in [0.15, 0.2) is 6.52 Å². The van der Waals surface area contributed by atoms with Crippen LogP contribution < -0.4 is 11.2 Å². The zero-order valence-corrected chi connectivity index (χ0v) is 15.8. The van der Waals surface area contributed by atoms with E-state index in [2.05, 4.69) is 14.8 Å². The first-order chi connectivity index (χ1) is 10.9. The smallest absolute Gasteiger partial charge is 0.310 e. The quantitative estimate of drug-likeness (QED) is 0.285. The van der Waals surface area contributed by atoms with Gasteiger partial charge >= 0.3 is 5.69 Å². The van der Waals surface area contributed by atoms with Crippen molar-refractivity contribution in [3.63, 3.8) is 0 Å². The molecule has 1 heterocycles. The van der Waals surface area contributed by atoms with Crippen molar-refractivity contribution < 1.29 is 23.7 Å². The fourth-order valence-corrected chi connectivity index (χ4v) is 5.90. The molecule has 0 radical (unpaired) electrons. The molecular weight excluding hydrogens is 365 g/mol. The van der Waals surface area contributed by atoms with Crippen LogP contribution in [0, 0.1) is 0 Å². The van der Waals surface area contributed by atoms with E-state index in [1.54, 1.807) is 13.0 Å². The molecule has 1 N–H and O–H groups in total. The Kier molecular flexibility index (Phi) is 9.10. The molecule has 23 heavy (non-hydrogen) atoms. The molecule has 0 bridgehead atoms. The molecule has 0 aliphatic rings. The van der Waals surface area contributed by atoms with Gasteiger partial charge in [-0.1, -0.05) is 11.6 Å². The normalized spacial score (nSPS) is 15.7. The van der Waals surface area contributed by atoms with E-state index in [9.17, 15) is 14.2 Å². The van der Waals surface area contributed by atoms with Crippen molar-refractivity contribution in [1.29, 1.82) is 0 Å². The molecule has 12 heteroatoms. The zero-order valence-electron chi connectivity index (χ0n) is 12.9. The van der Waals surface area contributed by atoms with Gasteiger partial charge in [0.05, 0.1) is 14.2 Å². The first-order valence-corrected chi connectivity index (χ1v) is 11.8. The Hall–Kier alpha value is -0.650. The molecule has 2 unspecified atom stereocenters. The third kappa shape index (κ3) is 7.64. The van der Waals surface area contributed by atoms with Gasteiger partial charge in [0.2, 0.25) is 0 Å². The van der Waals surface area contributed by atoms with E-state index in [-0.39, 0.29) is 29.7 Å². The van der Waals surface area contributed by atoms with Crippen LogP contribution in [0.1, 0.15) is 6.92 Å². The fourth-order valence-electron chi connectivity index (χ4n) is 1.47. The van der Waals surface area contributed by atoms with Crippen LogP contribution in [0.15, 0.2) is 33.5 Å². The standard InChI is InChI=1S/C11H19N2O7P3/c1-9(8-13-6-4-10(14)12-11(13)15)5-7-23(16,21-19-17-2)22-20-18-3/h4-6,21-22H,7-8H2,1-3H3,(H,12,14,15)/b9-5+. The Labute approximate surface area is 136 Å². The Morgan fingerprint density at radius 1 is 1.30 bits per heavy atom. The first-order valence-electron chi connectivity index (χ1n) is 6.38. The first kappa shape index (κ1) is 20.4. The maximum Gasteiger partial charge on any atom is 0.328 e. The summed E-state index contributed by atoms with van der Waals surface area (Å²) in [4.78, 5) is 33.8. The highest BCUT2D eigenvalue weighted by molar-refractivity contribution is 8.53. The van der Waals surface area contributed by atoms with Crippen LogP contribution in [0.5, 0.6) is 0 Å². The van der Waals surface area contributed by atoms with Crippen molar-refractivity contribution in [3.8, 4) is 0 Å². The van der Waals surface area contributed by atoms with Crippen LogP contribution in [-0.4, -0.2) is 29.9 Å². The van der Waals surface area contributed by atoms with E-state index >= 15 is 0 Å². The summed E-state index contributed by atoms with van der Waals surface area (Å²) >= 11 is 0. The molecular formula is C11H19N2O7P3. The lowest BCUT2D eigenvalue weighted by Gasteiger charge is -2.14. The third-order valence-electron chi connectivity index (χ3n) is 2.55. The van der Waals surface area contributed by atoms with E-state index in [4.69, 9.17) is 9.35 Å². The largest absolute Gasteiger partial charge is 0.328 e. The molecule has 0 saturated carbocycles. The number of aromatic amines is 1. The van der Waals surface area contributed by atoms with Crippen LogP contribution in [0.25, 0.3) is 0 Å². The Bertz CT molecular complexity index is 673. The number of H-pyrrole nitrogens is 1. The van der Waals surface area contributed by atoms with Gasteiger partial charge in [-0.15, -0.1) is 0 Å². The van der Waals surface area contributed by atoms with E-state index in [1.165, 1.54) is 31.0 Å². The number of nitrogens with one attached hydrogen (secondary N) is 1. The van der Waals surface area contributed by atoms with Crippen molar-refractivity contribution in [3.05, 3.63) is 44.8 Å². The predicted octanol–water partition coefficient (Wildman–Crippen LogP) is 2.02. The van der Waals surface area contributed by atoms with E-state index < -0.39 is 17.8 Å². The summed E-state index contributed by atoms with van der Waals surface area (Å²) < 4.78 is 23.6.